The maximum atomic E-state index is 14.9. The fourth-order valence-electron chi connectivity index (χ4n) is 5.24. The number of carbonyl (C=O) groups excluding carboxylic acids is 1. The normalized spacial score (nSPS) is 16.8. The summed E-state index contributed by atoms with van der Waals surface area (Å²) in [6, 6.07) is 7.90. The van der Waals surface area contributed by atoms with Gasteiger partial charge in [-0.1, -0.05) is 20.8 Å². The predicted molar refractivity (Wildman–Crippen MR) is 137 cm³/mol. The van der Waals surface area contributed by atoms with Crippen molar-refractivity contribution in [3.05, 3.63) is 52.3 Å². The summed E-state index contributed by atoms with van der Waals surface area (Å²) in [5.74, 6) is 0.208. The summed E-state index contributed by atoms with van der Waals surface area (Å²) in [6.45, 7) is 11.9. The number of hydrogen-bond donors (Lipinski definition) is 1. The number of nitrogens with one attached hydrogen (secondary N) is 1. The van der Waals surface area contributed by atoms with Crippen LogP contribution < -0.4 is 15.0 Å². The summed E-state index contributed by atoms with van der Waals surface area (Å²) in [4.78, 5) is 14.8. The number of carbonyl (C=O) groups is 1. The van der Waals surface area contributed by atoms with E-state index in [1.807, 2.05) is 19.9 Å². The lowest BCUT2D eigenvalue weighted by atomic mass is 9.92. The molecular weight excluding hydrogens is 427 g/mol. The van der Waals surface area contributed by atoms with E-state index in [1.54, 1.807) is 6.07 Å². The third kappa shape index (κ3) is 5.92. The van der Waals surface area contributed by atoms with E-state index in [2.05, 4.69) is 43.1 Å². The van der Waals surface area contributed by atoms with Crippen LogP contribution >= 0.6 is 0 Å². The second kappa shape index (κ2) is 9.97. The maximum Gasteiger partial charge on any atom is 0.224 e. The molecule has 0 bridgehead atoms. The summed E-state index contributed by atoms with van der Waals surface area (Å²) in [6.07, 6.45) is 6.95. The summed E-state index contributed by atoms with van der Waals surface area (Å²) < 4.78 is 20.9. The van der Waals surface area contributed by atoms with Gasteiger partial charge in [-0.05, 0) is 104 Å². The highest BCUT2D eigenvalue weighted by Gasteiger charge is 2.23. The Morgan fingerprint density at radius 2 is 1.74 bits per heavy atom. The van der Waals surface area contributed by atoms with Gasteiger partial charge in [0.25, 0.3) is 0 Å². The molecule has 0 spiro atoms. The van der Waals surface area contributed by atoms with Gasteiger partial charge in [0.15, 0.2) is 11.6 Å². The van der Waals surface area contributed by atoms with Gasteiger partial charge in [0.2, 0.25) is 5.91 Å². The number of rotatable bonds is 5. The zero-order valence-corrected chi connectivity index (χ0v) is 21.4. The molecule has 0 saturated heterocycles. The van der Waals surface area contributed by atoms with Gasteiger partial charge in [-0.2, -0.15) is 0 Å². The molecule has 1 N–H and O–H groups in total. The van der Waals surface area contributed by atoms with Gasteiger partial charge in [-0.25, -0.2) is 4.39 Å². The molecule has 1 heterocycles. The van der Waals surface area contributed by atoms with E-state index in [9.17, 15) is 9.18 Å². The van der Waals surface area contributed by atoms with Crippen LogP contribution in [0.2, 0.25) is 0 Å². The summed E-state index contributed by atoms with van der Waals surface area (Å²) >= 11 is 0. The van der Waals surface area contributed by atoms with Crippen molar-refractivity contribution in [1.29, 1.82) is 0 Å². The van der Waals surface area contributed by atoms with Gasteiger partial charge in [0.1, 0.15) is 0 Å². The maximum absolute atomic E-state index is 14.9. The molecule has 5 heteroatoms. The Bertz CT molecular complexity index is 1030. The third-order valence-electron chi connectivity index (χ3n) is 6.92. The van der Waals surface area contributed by atoms with Crippen LogP contribution in [0.5, 0.6) is 5.75 Å². The van der Waals surface area contributed by atoms with Gasteiger partial charge >= 0.3 is 0 Å². The van der Waals surface area contributed by atoms with Gasteiger partial charge in [0.05, 0.1) is 6.10 Å². The van der Waals surface area contributed by atoms with Crippen LogP contribution in [0.4, 0.5) is 15.8 Å². The second-order valence-corrected chi connectivity index (χ2v) is 11.3. The van der Waals surface area contributed by atoms with Crippen LogP contribution in [-0.2, 0) is 17.8 Å². The molecule has 34 heavy (non-hydrogen) atoms. The molecule has 0 aromatic heterocycles. The lowest BCUT2D eigenvalue weighted by Gasteiger charge is -2.26. The Labute approximate surface area is 203 Å². The Morgan fingerprint density at radius 3 is 2.38 bits per heavy atom. The molecule has 2 aromatic rings. The molecule has 2 aliphatic rings. The van der Waals surface area contributed by atoms with Crippen molar-refractivity contribution in [2.75, 3.05) is 16.8 Å². The Balaban J connectivity index is 1.52. The van der Waals surface area contributed by atoms with E-state index in [0.717, 1.165) is 60.3 Å². The first-order valence-corrected chi connectivity index (χ1v) is 12.7. The van der Waals surface area contributed by atoms with E-state index >= 15 is 0 Å². The molecule has 1 saturated carbocycles. The quantitative estimate of drug-likeness (QED) is 0.511. The highest BCUT2D eigenvalue weighted by Crippen LogP contribution is 2.34. The van der Waals surface area contributed by atoms with Crippen molar-refractivity contribution in [2.45, 2.75) is 92.2 Å². The number of fused-ring (bicyclic) bond motifs is 1. The minimum Gasteiger partial charge on any atom is -0.487 e. The van der Waals surface area contributed by atoms with Crippen LogP contribution in [-0.4, -0.2) is 18.6 Å². The Morgan fingerprint density at radius 1 is 1.06 bits per heavy atom. The predicted octanol–water partition coefficient (Wildman–Crippen LogP) is 7.09. The van der Waals surface area contributed by atoms with Crippen molar-refractivity contribution in [1.82, 2.24) is 0 Å². The number of hydrogen-bond acceptors (Lipinski definition) is 3. The van der Waals surface area contributed by atoms with Crippen molar-refractivity contribution in [2.24, 2.45) is 5.41 Å². The molecule has 4 rings (SSSR count). The first-order chi connectivity index (χ1) is 16.1. The van der Waals surface area contributed by atoms with Crippen LogP contribution in [0.15, 0.2) is 24.3 Å². The molecule has 0 atom stereocenters. The largest absolute Gasteiger partial charge is 0.487 e. The van der Waals surface area contributed by atoms with Crippen LogP contribution in [0.1, 0.15) is 81.5 Å². The zero-order valence-electron chi connectivity index (χ0n) is 21.4. The molecule has 184 valence electrons. The fourth-order valence-corrected chi connectivity index (χ4v) is 5.24. The highest BCUT2D eigenvalue weighted by molar-refractivity contribution is 5.93. The molecule has 1 aliphatic carbocycles. The molecule has 1 aliphatic heterocycles. The minimum atomic E-state index is -0.253. The average Bonchev–Trinajstić information content (AvgIpc) is 3.16. The molecule has 0 unspecified atom stereocenters. The van der Waals surface area contributed by atoms with Crippen molar-refractivity contribution < 1.29 is 13.9 Å². The highest BCUT2D eigenvalue weighted by atomic mass is 19.1. The van der Waals surface area contributed by atoms with Crippen molar-refractivity contribution >= 4 is 17.3 Å². The summed E-state index contributed by atoms with van der Waals surface area (Å²) in [7, 11) is 0. The zero-order chi connectivity index (χ0) is 24.5. The smallest absolute Gasteiger partial charge is 0.224 e. The van der Waals surface area contributed by atoms with E-state index in [1.165, 1.54) is 18.4 Å². The molecule has 1 amide bonds. The number of amides is 1. The number of benzene rings is 2. The van der Waals surface area contributed by atoms with Gasteiger partial charge in [-0.15, -0.1) is 0 Å². The molecule has 4 nitrogen and oxygen atoms in total. The minimum absolute atomic E-state index is 0.0428. The van der Waals surface area contributed by atoms with Crippen LogP contribution in [0, 0.1) is 25.1 Å². The molecule has 0 radical (unpaired) electrons. The summed E-state index contributed by atoms with van der Waals surface area (Å²) in [5.41, 5.74) is 6.28. The number of nitrogens with zero attached hydrogens (tertiary/aromatic N) is 1. The van der Waals surface area contributed by atoms with Crippen LogP contribution in [0.25, 0.3) is 0 Å². The van der Waals surface area contributed by atoms with Crippen molar-refractivity contribution in [3.8, 4) is 5.75 Å². The lowest BCUT2D eigenvalue weighted by Crippen LogP contribution is -2.24. The van der Waals surface area contributed by atoms with E-state index in [4.69, 9.17) is 4.74 Å². The first-order valence-electron chi connectivity index (χ1n) is 12.7. The lowest BCUT2D eigenvalue weighted by molar-refractivity contribution is -0.117. The standard InChI is InChI=1S/C29H39FN2O2/c1-19-13-23(14-20(2)28(19)31-27(33)17-29(3,4)5)32-12-8-9-21-16-26(25(30)15-22(21)18-32)34-24-10-6-7-11-24/h13-16,24H,6-12,17-18H2,1-5H3,(H,31,33). The molecule has 2 aromatic carbocycles. The van der Waals surface area contributed by atoms with Gasteiger partial charge in [-0.3, -0.25) is 4.79 Å². The first kappa shape index (κ1) is 24.6. The topological polar surface area (TPSA) is 41.6 Å². The Hall–Kier alpha value is -2.56. The second-order valence-electron chi connectivity index (χ2n) is 11.3. The molecule has 1 fully saturated rings. The Kier molecular flexibility index (Phi) is 7.20. The molecular formula is C29H39FN2O2. The van der Waals surface area contributed by atoms with Gasteiger partial charge < -0.3 is 15.0 Å². The van der Waals surface area contributed by atoms with E-state index in [-0.39, 0.29) is 23.2 Å². The van der Waals surface area contributed by atoms with E-state index in [0.29, 0.717) is 18.7 Å². The number of anilines is 2. The SMILES string of the molecule is Cc1cc(N2CCCc3cc(OC4CCCC4)c(F)cc3C2)cc(C)c1NC(=O)CC(C)(C)C. The number of ether oxygens (including phenoxy) is 1. The monoisotopic (exact) mass is 466 g/mol. The fraction of sp³-hybridized carbons (Fsp3) is 0.552. The average molecular weight is 467 g/mol. The van der Waals surface area contributed by atoms with Crippen LogP contribution in [0.3, 0.4) is 0 Å². The third-order valence-corrected chi connectivity index (χ3v) is 6.92. The summed E-state index contributed by atoms with van der Waals surface area (Å²) in [5, 5.41) is 3.12. The van der Waals surface area contributed by atoms with E-state index < -0.39 is 0 Å². The van der Waals surface area contributed by atoms with Crippen molar-refractivity contribution in [3.63, 3.8) is 0 Å². The van der Waals surface area contributed by atoms with Gasteiger partial charge in [0, 0.05) is 30.9 Å². The number of aryl methyl sites for hydroxylation is 3. The number of halogens is 1.